The number of aliphatic carboxylic acids is 1. The van der Waals surface area contributed by atoms with Crippen LogP contribution in [0.15, 0.2) is 36.4 Å². The van der Waals surface area contributed by atoms with Crippen molar-refractivity contribution in [2.45, 2.75) is 39.9 Å². The van der Waals surface area contributed by atoms with Gasteiger partial charge in [0.25, 0.3) is 0 Å². The number of hydrogen-bond donors (Lipinski definition) is 2. The van der Waals surface area contributed by atoms with Gasteiger partial charge in [0, 0.05) is 5.57 Å². The van der Waals surface area contributed by atoms with Crippen molar-refractivity contribution in [3.8, 4) is 0 Å². The molecule has 2 unspecified atom stereocenters. The van der Waals surface area contributed by atoms with Gasteiger partial charge in [0.1, 0.15) is 0 Å². The summed E-state index contributed by atoms with van der Waals surface area (Å²) in [4.78, 5) is 22.6. The Morgan fingerprint density at radius 3 is 1.96 bits per heavy atom. The molecule has 0 saturated heterocycles. The fourth-order valence-corrected chi connectivity index (χ4v) is 1.73. The Kier molecular flexibility index (Phi) is 8.22. The molecule has 0 aliphatic heterocycles. The van der Waals surface area contributed by atoms with Crippen LogP contribution in [-0.2, 0) is 15.8 Å². The summed E-state index contributed by atoms with van der Waals surface area (Å²) < 4.78 is 37.4. The molecule has 0 aliphatic carbocycles. The highest BCUT2D eigenvalue weighted by atomic mass is 19.4. The molecule has 1 amide bonds. The molecule has 0 bridgehead atoms. The zero-order chi connectivity index (χ0) is 19.1. The number of amides is 1. The molecule has 2 N–H and O–H groups in total. The van der Waals surface area contributed by atoms with Gasteiger partial charge in [0.05, 0.1) is 17.5 Å². The second-order valence-electron chi connectivity index (χ2n) is 4.90. The van der Waals surface area contributed by atoms with Gasteiger partial charge in [-0.05, 0) is 31.5 Å². The first-order valence-electron chi connectivity index (χ1n) is 7.43. The topological polar surface area (TPSA) is 66.4 Å². The van der Waals surface area contributed by atoms with Gasteiger partial charge in [0.2, 0.25) is 5.91 Å². The Balaban J connectivity index is 0.00000254. The summed E-state index contributed by atoms with van der Waals surface area (Å²) >= 11 is 0. The summed E-state index contributed by atoms with van der Waals surface area (Å²) in [6.45, 7) is 10.3. The minimum Gasteiger partial charge on any atom is -0.478 e. The molecule has 4 nitrogen and oxygen atoms in total. The maximum atomic E-state index is 12.5. The van der Waals surface area contributed by atoms with E-state index in [2.05, 4.69) is 11.9 Å². The normalized spacial score (nSPS) is 13.1. The van der Waals surface area contributed by atoms with Crippen molar-refractivity contribution in [3.05, 3.63) is 47.5 Å². The van der Waals surface area contributed by atoms with Crippen LogP contribution in [0.1, 0.15) is 44.9 Å². The zero-order valence-electron chi connectivity index (χ0n) is 14.1. The van der Waals surface area contributed by atoms with Crippen molar-refractivity contribution < 1.29 is 27.9 Å². The van der Waals surface area contributed by atoms with Gasteiger partial charge >= 0.3 is 12.1 Å². The van der Waals surface area contributed by atoms with E-state index in [0.29, 0.717) is 5.56 Å². The molecule has 1 rings (SSSR count). The van der Waals surface area contributed by atoms with E-state index in [9.17, 15) is 22.8 Å². The summed E-state index contributed by atoms with van der Waals surface area (Å²) in [5, 5.41) is 11.3. The van der Waals surface area contributed by atoms with E-state index in [1.165, 1.54) is 19.1 Å². The maximum Gasteiger partial charge on any atom is 0.416 e. The summed E-state index contributed by atoms with van der Waals surface area (Å²) in [5.41, 5.74) is -0.547. The standard InChI is InChI=1S/C15H16F3NO3.C2H6/c1-8(9(2)14(21)22)13(20)19-10(3)11-4-6-12(7-5-11)15(16,17)18;1-2/h4-8,10H,2H2,1,3H3,(H,19,20)(H,21,22);1-2H3. The SMILES string of the molecule is C=C(C(=O)O)C(C)C(=O)NC(C)c1ccc(C(F)(F)F)cc1.CC. The molecule has 0 aliphatic rings. The molecule has 7 heteroatoms. The minimum atomic E-state index is -4.42. The lowest BCUT2D eigenvalue weighted by atomic mass is 10.0. The van der Waals surface area contributed by atoms with E-state index < -0.39 is 35.6 Å². The molecule has 0 fully saturated rings. The molecule has 0 radical (unpaired) electrons. The monoisotopic (exact) mass is 345 g/mol. The minimum absolute atomic E-state index is 0.253. The number of benzene rings is 1. The smallest absolute Gasteiger partial charge is 0.416 e. The van der Waals surface area contributed by atoms with Crippen LogP contribution in [-0.4, -0.2) is 17.0 Å². The first-order valence-corrected chi connectivity index (χ1v) is 7.43. The number of carbonyl (C=O) groups excluding carboxylic acids is 1. The van der Waals surface area contributed by atoms with Crippen LogP contribution in [0.3, 0.4) is 0 Å². The van der Waals surface area contributed by atoms with Crippen molar-refractivity contribution in [3.63, 3.8) is 0 Å². The summed E-state index contributed by atoms with van der Waals surface area (Å²) in [5.74, 6) is -2.76. The molecule has 0 heterocycles. The number of hydrogen-bond acceptors (Lipinski definition) is 2. The molecule has 0 saturated carbocycles. The summed E-state index contributed by atoms with van der Waals surface area (Å²) in [7, 11) is 0. The number of nitrogens with one attached hydrogen (secondary N) is 1. The maximum absolute atomic E-state index is 12.5. The van der Waals surface area contributed by atoms with Gasteiger partial charge in [-0.15, -0.1) is 0 Å². The number of alkyl halides is 3. The van der Waals surface area contributed by atoms with Crippen molar-refractivity contribution in [1.29, 1.82) is 0 Å². The first kappa shape index (κ1) is 21.7. The van der Waals surface area contributed by atoms with Crippen LogP contribution in [0.4, 0.5) is 13.2 Å². The fourth-order valence-electron chi connectivity index (χ4n) is 1.73. The molecule has 134 valence electrons. The lowest BCUT2D eigenvalue weighted by molar-refractivity contribution is -0.137. The van der Waals surface area contributed by atoms with Crippen LogP contribution in [0.5, 0.6) is 0 Å². The van der Waals surface area contributed by atoms with Crippen LogP contribution >= 0.6 is 0 Å². The van der Waals surface area contributed by atoms with Gasteiger partial charge in [-0.2, -0.15) is 13.2 Å². The lowest BCUT2D eigenvalue weighted by Gasteiger charge is -2.18. The third-order valence-corrected chi connectivity index (χ3v) is 3.29. The number of carboxylic acid groups (broad SMARTS) is 1. The quantitative estimate of drug-likeness (QED) is 0.787. The molecule has 1 aromatic carbocycles. The first-order chi connectivity index (χ1) is 11.0. The van der Waals surface area contributed by atoms with Crippen molar-refractivity contribution in [2.24, 2.45) is 5.92 Å². The average molecular weight is 345 g/mol. The highest BCUT2D eigenvalue weighted by Crippen LogP contribution is 2.29. The third-order valence-electron chi connectivity index (χ3n) is 3.29. The third kappa shape index (κ3) is 6.06. The van der Waals surface area contributed by atoms with Crippen LogP contribution in [0.25, 0.3) is 0 Å². The highest BCUT2D eigenvalue weighted by Gasteiger charge is 2.30. The van der Waals surface area contributed by atoms with Gasteiger partial charge in [0.15, 0.2) is 0 Å². The number of carboxylic acids is 1. The second kappa shape index (κ2) is 9.10. The van der Waals surface area contributed by atoms with Crippen molar-refractivity contribution in [1.82, 2.24) is 5.32 Å². The molecular formula is C17H22F3NO3. The van der Waals surface area contributed by atoms with E-state index >= 15 is 0 Å². The Labute approximate surface area is 139 Å². The molecular weight excluding hydrogens is 323 g/mol. The molecule has 24 heavy (non-hydrogen) atoms. The molecule has 0 aromatic heterocycles. The Morgan fingerprint density at radius 1 is 1.12 bits per heavy atom. The van der Waals surface area contributed by atoms with Crippen molar-refractivity contribution >= 4 is 11.9 Å². The highest BCUT2D eigenvalue weighted by molar-refractivity contribution is 5.95. The van der Waals surface area contributed by atoms with E-state index in [-0.39, 0.29) is 5.57 Å². The van der Waals surface area contributed by atoms with Crippen LogP contribution in [0.2, 0.25) is 0 Å². The summed E-state index contributed by atoms with van der Waals surface area (Å²) in [6, 6.07) is 3.84. The molecule has 2 atom stereocenters. The fraction of sp³-hybridized carbons (Fsp3) is 0.412. The zero-order valence-corrected chi connectivity index (χ0v) is 14.1. The van der Waals surface area contributed by atoms with Gasteiger partial charge in [-0.1, -0.05) is 32.6 Å². The van der Waals surface area contributed by atoms with E-state index in [1.807, 2.05) is 13.8 Å². The van der Waals surface area contributed by atoms with E-state index in [0.717, 1.165) is 12.1 Å². The lowest BCUT2D eigenvalue weighted by Crippen LogP contribution is -2.33. The Bertz CT molecular complexity index is 580. The predicted molar refractivity (Wildman–Crippen MR) is 85.3 cm³/mol. The average Bonchev–Trinajstić information content (AvgIpc) is 2.54. The second-order valence-corrected chi connectivity index (χ2v) is 4.90. The number of carbonyl (C=O) groups is 2. The molecule has 0 spiro atoms. The van der Waals surface area contributed by atoms with Gasteiger partial charge < -0.3 is 10.4 Å². The largest absolute Gasteiger partial charge is 0.478 e. The van der Waals surface area contributed by atoms with Crippen LogP contribution in [0, 0.1) is 5.92 Å². The number of rotatable bonds is 5. The van der Waals surface area contributed by atoms with Gasteiger partial charge in [-0.3, -0.25) is 4.79 Å². The van der Waals surface area contributed by atoms with E-state index in [1.54, 1.807) is 6.92 Å². The van der Waals surface area contributed by atoms with Crippen LogP contribution < -0.4 is 5.32 Å². The number of halogens is 3. The van der Waals surface area contributed by atoms with E-state index in [4.69, 9.17) is 5.11 Å². The van der Waals surface area contributed by atoms with Gasteiger partial charge in [-0.25, -0.2) is 4.79 Å². The molecule has 1 aromatic rings. The predicted octanol–water partition coefficient (Wildman–Crippen LogP) is 4.19. The van der Waals surface area contributed by atoms with Crippen molar-refractivity contribution in [2.75, 3.05) is 0 Å². The Morgan fingerprint density at radius 2 is 1.58 bits per heavy atom. The Hall–Kier alpha value is -2.31. The summed E-state index contributed by atoms with van der Waals surface area (Å²) in [6.07, 6.45) is -4.42.